The summed E-state index contributed by atoms with van der Waals surface area (Å²) < 4.78 is 0. The predicted molar refractivity (Wildman–Crippen MR) is 113 cm³/mol. The lowest BCUT2D eigenvalue weighted by molar-refractivity contribution is -0.121. The highest BCUT2D eigenvalue weighted by atomic mass is 35.5. The van der Waals surface area contributed by atoms with Crippen molar-refractivity contribution in [2.24, 2.45) is 0 Å². The lowest BCUT2D eigenvalue weighted by atomic mass is 10.1. The zero-order chi connectivity index (χ0) is 19.2. The van der Waals surface area contributed by atoms with Crippen LogP contribution in [-0.2, 0) is 11.2 Å². The maximum atomic E-state index is 12.6. The number of rotatable bonds is 6. The highest BCUT2D eigenvalue weighted by molar-refractivity contribution is 6.44. The number of carbonyl (C=O) groups is 1. The molecule has 3 rings (SSSR count). The van der Waals surface area contributed by atoms with Gasteiger partial charge < -0.3 is 10.2 Å². The van der Waals surface area contributed by atoms with Crippen molar-refractivity contribution in [3.05, 3.63) is 64.1 Å². The molecule has 6 heteroatoms. The molecule has 1 N–H and O–H groups in total. The normalized spacial score (nSPS) is 16.9. The molecule has 1 heterocycles. The molecular weight excluding hydrogens is 381 g/mol. The standard InChI is InChI=1S/C21H25Cl2N3O/c1-16(21(27)24-19-9-5-8-18(22)20(19)23)26-14-12-25(13-15-26)11-10-17-6-3-2-4-7-17/h2-9,16H,10-15H2,1H3,(H,24,27)/t16-/m1/s1. The van der Waals surface area contributed by atoms with Crippen LogP contribution in [0, 0.1) is 0 Å². The van der Waals surface area contributed by atoms with Crippen molar-refractivity contribution in [2.45, 2.75) is 19.4 Å². The van der Waals surface area contributed by atoms with Gasteiger partial charge in [0.2, 0.25) is 5.91 Å². The summed E-state index contributed by atoms with van der Waals surface area (Å²) >= 11 is 12.2. The molecule has 1 aliphatic heterocycles. The molecule has 0 spiro atoms. The average molecular weight is 406 g/mol. The van der Waals surface area contributed by atoms with E-state index in [9.17, 15) is 4.79 Å². The van der Waals surface area contributed by atoms with Crippen molar-refractivity contribution < 1.29 is 4.79 Å². The molecule has 1 fully saturated rings. The minimum atomic E-state index is -0.212. The fourth-order valence-corrected chi connectivity index (χ4v) is 3.66. The lowest BCUT2D eigenvalue weighted by Gasteiger charge is -2.37. The van der Waals surface area contributed by atoms with Gasteiger partial charge in [0.15, 0.2) is 0 Å². The van der Waals surface area contributed by atoms with E-state index in [1.165, 1.54) is 5.56 Å². The topological polar surface area (TPSA) is 35.6 Å². The summed E-state index contributed by atoms with van der Waals surface area (Å²) in [7, 11) is 0. The number of benzene rings is 2. The van der Waals surface area contributed by atoms with Gasteiger partial charge in [0.25, 0.3) is 0 Å². The van der Waals surface area contributed by atoms with Crippen molar-refractivity contribution in [3.63, 3.8) is 0 Å². The molecule has 0 saturated carbocycles. The third-order valence-electron chi connectivity index (χ3n) is 5.10. The van der Waals surface area contributed by atoms with Crippen LogP contribution in [0.3, 0.4) is 0 Å². The zero-order valence-corrected chi connectivity index (χ0v) is 17.0. The first-order valence-corrected chi connectivity index (χ1v) is 10.1. The van der Waals surface area contributed by atoms with Gasteiger partial charge in [-0.15, -0.1) is 0 Å². The van der Waals surface area contributed by atoms with E-state index in [0.29, 0.717) is 15.7 Å². The van der Waals surface area contributed by atoms with Crippen LogP contribution in [-0.4, -0.2) is 54.5 Å². The first-order chi connectivity index (χ1) is 13.0. The summed E-state index contributed by atoms with van der Waals surface area (Å²) in [5.41, 5.74) is 1.92. The fraction of sp³-hybridized carbons (Fsp3) is 0.381. The third kappa shape index (κ3) is 5.45. The monoisotopic (exact) mass is 405 g/mol. The molecule has 1 atom stereocenters. The van der Waals surface area contributed by atoms with E-state index < -0.39 is 0 Å². The van der Waals surface area contributed by atoms with Crippen molar-refractivity contribution >= 4 is 34.8 Å². The minimum Gasteiger partial charge on any atom is -0.323 e. The lowest BCUT2D eigenvalue weighted by Crippen LogP contribution is -2.53. The zero-order valence-electron chi connectivity index (χ0n) is 15.5. The highest BCUT2D eigenvalue weighted by Gasteiger charge is 2.26. The number of hydrogen-bond donors (Lipinski definition) is 1. The van der Waals surface area contributed by atoms with Crippen LogP contribution < -0.4 is 5.32 Å². The summed E-state index contributed by atoms with van der Waals surface area (Å²) in [6.07, 6.45) is 1.06. The van der Waals surface area contributed by atoms with E-state index in [2.05, 4.69) is 39.4 Å². The maximum Gasteiger partial charge on any atom is 0.241 e. The number of nitrogens with one attached hydrogen (secondary N) is 1. The number of nitrogens with zero attached hydrogens (tertiary/aromatic N) is 2. The second-order valence-electron chi connectivity index (χ2n) is 6.88. The van der Waals surface area contributed by atoms with Crippen LogP contribution >= 0.6 is 23.2 Å². The Kier molecular flexibility index (Phi) is 7.13. The van der Waals surface area contributed by atoms with Crippen molar-refractivity contribution in [2.75, 3.05) is 38.0 Å². The van der Waals surface area contributed by atoms with E-state index in [4.69, 9.17) is 23.2 Å². The Balaban J connectivity index is 1.47. The van der Waals surface area contributed by atoms with Crippen molar-refractivity contribution in [1.29, 1.82) is 0 Å². The van der Waals surface area contributed by atoms with Crippen molar-refractivity contribution in [1.82, 2.24) is 9.80 Å². The Morgan fingerprint density at radius 1 is 1.04 bits per heavy atom. The van der Waals surface area contributed by atoms with E-state index in [-0.39, 0.29) is 11.9 Å². The van der Waals surface area contributed by atoms with E-state index in [1.54, 1.807) is 18.2 Å². The molecule has 0 unspecified atom stereocenters. The third-order valence-corrected chi connectivity index (χ3v) is 5.92. The number of amides is 1. The SMILES string of the molecule is C[C@H](C(=O)Nc1cccc(Cl)c1Cl)N1CCN(CCc2ccccc2)CC1. The van der Waals surface area contributed by atoms with Crippen LogP contribution in [0.15, 0.2) is 48.5 Å². The van der Waals surface area contributed by atoms with Crippen LogP contribution in [0.5, 0.6) is 0 Å². The Hall–Kier alpha value is -1.59. The fourth-order valence-electron chi connectivity index (χ4n) is 3.31. The largest absolute Gasteiger partial charge is 0.323 e. The van der Waals surface area contributed by atoms with E-state index >= 15 is 0 Å². The minimum absolute atomic E-state index is 0.0584. The second-order valence-corrected chi connectivity index (χ2v) is 7.66. The molecule has 0 aromatic heterocycles. The van der Waals surface area contributed by atoms with E-state index in [0.717, 1.165) is 39.1 Å². The number of carbonyl (C=O) groups excluding carboxylic acids is 1. The molecule has 0 radical (unpaired) electrons. The maximum absolute atomic E-state index is 12.6. The molecule has 1 aliphatic rings. The number of hydrogen-bond acceptors (Lipinski definition) is 3. The van der Waals surface area contributed by atoms with Crippen molar-refractivity contribution in [3.8, 4) is 0 Å². The van der Waals surface area contributed by atoms with Gasteiger partial charge in [-0.1, -0.05) is 59.6 Å². The van der Waals surface area contributed by atoms with Gasteiger partial charge in [0, 0.05) is 32.7 Å². The molecule has 144 valence electrons. The van der Waals surface area contributed by atoms with Gasteiger partial charge >= 0.3 is 0 Å². The van der Waals surface area contributed by atoms with Gasteiger partial charge in [0.05, 0.1) is 21.8 Å². The second kappa shape index (κ2) is 9.56. The summed E-state index contributed by atoms with van der Waals surface area (Å²) in [4.78, 5) is 17.3. The van der Waals surface area contributed by atoms with Crippen LogP contribution in [0.2, 0.25) is 10.0 Å². The Bertz CT molecular complexity index is 761. The number of halogens is 2. The van der Waals surface area contributed by atoms with Gasteiger partial charge in [-0.05, 0) is 31.0 Å². The van der Waals surface area contributed by atoms with Crippen LogP contribution in [0.1, 0.15) is 12.5 Å². The smallest absolute Gasteiger partial charge is 0.241 e. The Morgan fingerprint density at radius 3 is 2.44 bits per heavy atom. The molecule has 2 aromatic rings. The molecule has 1 amide bonds. The van der Waals surface area contributed by atoms with Gasteiger partial charge in [-0.3, -0.25) is 9.69 Å². The molecular formula is C21H25Cl2N3O. The van der Waals surface area contributed by atoms with Crippen LogP contribution in [0.4, 0.5) is 5.69 Å². The van der Waals surface area contributed by atoms with Gasteiger partial charge in [-0.25, -0.2) is 0 Å². The molecule has 27 heavy (non-hydrogen) atoms. The van der Waals surface area contributed by atoms with Gasteiger partial charge in [0.1, 0.15) is 0 Å². The quantitative estimate of drug-likeness (QED) is 0.782. The summed E-state index contributed by atoms with van der Waals surface area (Å²) in [6, 6.07) is 15.6. The first kappa shape index (κ1) is 20.2. The average Bonchev–Trinajstić information content (AvgIpc) is 2.70. The summed E-state index contributed by atoms with van der Waals surface area (Å²) in [6.45, 7) is 6.70. The molecule has 4 nitrogen and oxygen atoms in total. The van der Waals surface area contributed by atoms with Crippen LogP contribution in [0.25, 0.3) is 0 Å². The summed E-state index contributed by atoms with van der Waals surface area (Å²) in [5, 5.41) is 3.71. The molecule has 0 bridgehead atoms. The molecule has 1 saturated heterocycles. The number of anilines is 1. The Morgan fingerprint density at radius 2 is 1.74 bits per heavy atom. The Labute approximate surface area is 171 Å². The van der Waals surface area contributed by atoms with E-state index in [1.807, 2.05) is 13.0 Å². The van der Waals surface area contributed by atoms with Gasteiger partial charge in [-0.2, -0.15) is 0 Å². The number of piperazine rings is 1. The first-order valence-electron chi connectivity index (χ1n) is 9.30. The highest BCUT2D eigenvalue weighted by Crippen LogP contribution is 2.29. The summed E-state index contributed by atoms with van der Waals surface area (Å²) in [5.74, 6) is -0.0584. The predicted octanol–water partition coefficient (Wildman–Crippen LogP) is 4.18. The molecule has 0 aliphatic carbocycles. The molecule has 2 aromatic carbocycles.